The van der Waals surface area contributed by atoms with Gasteiger partial charge in [0, 0.05) is 44.1 Å². The van der Waals surface area contributed by atoms with Crippen LogP contribution < -0.4 is 15.4 Å². The number of nitrogens with zero attached hydrogens (tertiary/aromatic N) is 2. The highest BCUT2D eigenvalue weighted by Gasteiger charge is 2.22. The molecule has 0 radical (unpaired) electrons. The Kier molecular flexibility index (Phi) is 8.37. The largest absolute Gasteiger partial charge is 0.496 e. The Balaban J connectivity index is 1.44. The number of morpholine rings is 1. The van der Waals surface area contributed by atoms with E-state index in [1.165, 1.54) is 11.1 Å². The van der Waals surface area contributed by atoms with E-state index in [4.69, 9.17) is 9.47 Å². The van der Waals surface area contributed by atoms with Gasteiger partial charge in [-0.15, -0.1) is 0 Å². The monoisotopic (exact) mass is 558 g/mol. The number of ether oxygens (including phenoxy) is 2. The van der Waals surface area contributed by atoms with Gasteiger partial charge in [-0.25, -0.2) is 9.18 Å². The summed E-state index contributed by atoms with van der Waals surface area (Å²) in [6, 6.07) is 15.0. The van der Waals surface area contributed by atoms with Gasteiger partial charge in [-0.05, 0) is 65.4 Å². The molecule has 2 heterocycles. The molecule has 3 aromatic rings. The van der Waals surface area contributed by atoms with E-state index in [1.807, 2.05) is 56.3 Å². The first-order chi connectivity index (χ1) is 19.8. The molecule has 0 atom stereocenters. The van der Waals surface area contributed by atoms with Crippen LogP contribution in [0.3, 0.4) is 0 Å². The summed E-state index contributed by atoms with van der Waals surface area (Å²) in [4.78, 5) is 28.3. The van der Waals surface area contributed by atoms with Gasteiger partial charge in [0.15, 0.2) is 0 Å². The lowest BCUT2D eigenvalue weighted by Gasteiger charge is -2.27. The molecular weight excluding hydrogens is 523 g/mol. The molecule has 0 aliphatic carbocycles. The van der Waals surface area contributed by atoms with Crippen molar-refractivity contribution in [3.8, 4) is 28.0 Å². The lowest BCUT2D eigenvalue weighted by atomic mass is 9.90. The van der Waals surface area contributed by atoms with E-state index in [0.717, 1.165) is 46.5 Å². The van der Waals surface area contributed by atoms with Crippen molar-refractivity contribution in [1.82, 2.24) is 15.1 Å². The minimum atomic E-state index is -0.296. The van der Waals surface area contributed by atoms with Crippen LogP contribution >= 0.6 is 0 Å². The number of rotatable bonds is 7. The molecule has 0 aromatic heterocycles. The van der Waals surface area contributed by atoms with Gasteiger partial charge in [0.1, 0.15) is 11.6 Å². The Bertz CT molecular complexity index is 1510. The van der Waals surface area contributed by atoms with E-state index in [-0.39, 0.29) is 24.3 Å². The number of likely N-dealkylation sites (N-methyl/N-ethyl adjacent to an activating group) is 1. The van der Waals surface area contributed by atoms with Gasteiger partial charge >= 0.3 is 6.03 Å². The first kappa shape index (κ1) is 28.3. The van der Waals surface area contributed by atoms with Gasteiger partial charge in [-0.2, -0.15) is 0 Å². The average Bonchev–Trinajstić information content (AvgIpc) is 2.97. The van der Waals surface area contributed by atoms with Crippen molar-refractivity contribution in [3.63, 3.8) is 0 Å². The van der Waals surface area contributed by atoms with Crippen LogP contribution in [0.2, 0.25) is 0 Å². The number of carbonyl (C=O) groups excluding carboxylic acids is 2. The SMILES string of the molecule is COc1cc(-c2cccc(-c3cccc(NC(=O)C4=CNC(=O)N(C)C4)c3C)c2C)cc(F)c1CN1CCOCC1. The first-order valence-electron chi connectivity index (χ1n) is 13.6. The van der Waals surface area contributed by atoms with Crippen molar-refractivity contribution < 1.29 is 23.5 Å². The molecule has 3 aromatic carbocycles. The number of amides is 3. The zero-order valence-electron chi connectivity index (χ0n) is 23.8. The molecule has 1 saturated heterocycles. The Morgan fingerprint density at radius 1 is 1.05 bits per heavy atom. The normalized spacial score (nSPS) is 15.8. The first-order valence-corrected chi connectivity index (χ1v) is 13.6. The van der Waals surface area contributed by atoms with Gasteiger partial charge in [-0.1, -0.05) is 30.3 Å². The van der Waals surface area contributed by atoms with Crippen molar-refractivity contribution in [3.05, 3.63) is 82.8 Å². The number of urea groups is 1. The number of hydrogen-bond donors (Lipinski definition) is 2. The highest BCUT2D eigenvalue weighted by Crippen LogP contribution is 2.38. The summed E-state index contributed by atoms with van der Waals surface area (Å²) < 4.78 is 26.6. The van der Waals surface area contributed by atoms with Crippen molar-refractivity contribution in [2.45, 2.75) is 20.4 Å². The van der Waals surface area contributed by atoms with Crippen molar-refractivity contribution in [2.75, 3.05) is 52.3 Å². The zero-order valence-corrected chi connectivity index (χ0v) is 23.8. The number of carbonyl (C=O) groups is 2. The average molecular weight is 559 g/mol. The maximum absolute atomic E-state index is 15.5. The van der Waals surface area contributed by atoms with E-state index >= 15 is 4.39 Å². The van der Waals surface area contributed by atoms with Gasteiger partial charge in [0.2, 0.25) is 0 Å². The molecule has 2 aliphatic heterocycles. The molecular formula is C32H35FN4O4. The molecule has 0 unspecified atom stereocenters. The third-order valence-electron chi connectivity index (χ3n) is 7.79. The molecule has 0 bridgehead atoms. The molecule has 9 heteroatoms. The Morgan fingerprint density at radius 3 is 2.44 bits per heavy atom. The quantitative estimate of drug-likeness (QED) is 0.422. The molecule has 0 spiro atoms. The maximum Gasteiger partial charge on any atom is 0.321 e. The summed E-state index contributed by atoms with van der Waals surface area (Å²) in [5.41, 5.74) is 7.16. The second-order valence-corrected chi connectivity index (χ2v) is 10.4. The third kappa shape index (κ3) is 5.96. The van der Waals surface area contributed by atoms with Crippen molar-refractivity contribution in [2.24, 2.45) is 0 Å². The number of methoxy groups -OCH3 is 1. The van der Waals surface area contributed by atoms with Crippen LogP contribution in [0, 0.1) is 19.7 Å². The fourth-order valence-corrected chi connectivity index (χ4v) is 5.36. The molecule has 214 valence electrons. The molecule has 41 heavy (non-hydrogen) atoms. The van der Waals surface area contributed by atoms with E-state index in [0.29, 0.717) is 42.3 Å². The minimum Gasteiger partial charge on any atom is -0.496 e. The lowest BCUT2D eigenvalue weighted by molar-refractivity contribution is -0.113. The van der Waals surface area contributed by atoms with Crippen LogP contribution in [-0.4, -0.2) is 68.7 Å². The number of anilines is 1. The molecule has 3 amide bonds. The molecule has 0 saturated carbocycles. The number of benzene rings is 3. The number of hydrogen-bond acceptors (Lipinski definition) is 5. The van der Waals surface area contributed by atoms with Crippen LogP contribution in [0.5, 0.6) is 5.75 Å². The Hall–Kier alpha value is -4.21. The summed E-state index contributed by atoms with van der Waals surface area (Å²) in [6.45, 7) is 7.48. The highest BCUT2D eigenvalue weighted by atomic mass is 19.1. The maximum atomic E-state index is 15.5. The van der Waals surface area contributed by atoms with E-state index in [1.54, 1.807) is 20.2 Å². The smallest absolute Gasteiger partial charge is 0.321 e. The third-order valence-corrected chi connectivity index (χ3v) is 7.79. The topological polar surface area (TPSA) is 83.1 Å². The standard InChI is InChI=1S/C32H35FN4O4/c1-20-24(22-15-28(33)27(30(16-22)40-4)19-37-11-13-41-14-12-37)7-5-8-25(20)26-9-6-10-29(21(26)2)35-31(38)23-17-34-32(39)36(3)18-23/h5-10,15-17H,11-14,18-19H2,1-4H3,(H,34,39)(H,35,38). The van der Waals surface area contributed by atoms with Crippen molar-refractivity contribution in [1.29, 1.82) is 0 Å². The summed E-state index contributed by atoms with van der Waals surface area (Å²) in [5.74, 6) is -0.0475. The fraction of sp³-hybridized carbons (Fsp3) is 0.312. The van der Waals surface area contributed by atoms with Crippen LogP contribution in [0.25, 0.3) is 22.3 Å². The van der Waals surface area contributed by atoms with Gasteiger partial charge in [-0.3, -0.25) is 9.69 Å². The fourth-order valence-electron chi connectivity index (χ4n) is 5.36. The second kappa shape index (κ2) is 12.1. The van der Waals surface area contributed by atoms with Crippen LogP contribution in [0.1, 0.15) is 16.7 Å². The summed E-state index contributed by atoms with van der Waals surface area (Å²) in [6.07, 6.45) is 1.45. The van der Waals surface area contributed by atoms with Crippen LogP contribution in [0.15, 0.2) is 60.3 Å². The molecule has 5 rings (SSSR count). The van der Waals surface area contributed by atoms with E-state index in [2.05, 4.69) is 15.5 Å². The van der Waals surface area contributed by atoms with E-state index < -0.39 is 0 Å². The van der Waals surface area contributed by atoms with Gasteiger partial charge in [0.25, 0.3) is 5.91 Å². The Morgan fingerprint density at radius 2 is 1.73 bits per heavy atom. The summed E-state index contributed by atoms with van der Waals surface area (Å²) in [7, 11) is 3.21. The summed E-state index contributed by atoms with van der Waals surface area (Å²) in [5, 5.41) is 5.58. The molecule has 1 fully saturated rings. The number of halogens is 1. The molecule has 8 nitrogen and oxygen atoms in total. The van der Waals surface area contributed by atoms with Crippen LogP contribution in [0.4, 0.5) is 14.9 Å². The summed E-state index contributed by atoms with van der Waals surface area (Å²) >= 11 is 0. The van der Waals surface area contributed by atoms with E-state index in [9.17, 15) is 9.59 Å². The van der Waals surface area contributed by atoms with Gasteiger partial charge in [0.05, 0.1) is 32.4 Å². The van der Waals surface area contributed by atoms with Gasteiger partial charge < -0.3 is 25.0 Å². The molecule has 2 N–H and O–H groups in total. The lowest BCUT2D eigenvalue weighted by Crippen LogP contribution is -2.42. The van der Waals surface area contributed by atoms with Crippen LogP contribution in [-0.2, 0) is 16.1 Å². The highest BCUT2D eigenvalue weighted by molar-refractivity contribution is 6.06. The zero-order chi connectivity index (χ0) is 29.1. The predicted molar refractivity (Wildman–Crippen MR) is 157 cm³/mol. The Labute approximate surface area is 239 Å². The number of nitrogens with one attached hydrogen (secondary N) is 2. The second-order valence-electron chi connectivity index (χ2n) is 10.4. The molecule has 2 aliphatic rings. The minimum absolute atomic E-state index is 0.225. The van der Waals surface area contributed by atoms with Crippen molar-refractivity contribution >= 4 is 17.6 Å². The predicted octanol–water partition coefficient (Wildman–Crippen LogP) is 5.09.